The standard InChI is InChI=1S/C14H24N6O2/c1-10-16-11(18-15)9-12(17-10)19-5-7-20(8-6-19)13(21)22-14(2,3)4/h9H,5-8,15H2,1-4H3,(H,16,17,18). The molecule has 2 heterocycles. The molecule has 0 atom stereocenters. The number of amides is 1. The van der Waals surface area contributed by atoms with E-state index in [1.807, 2.05) is 27.7 Å². The largest absolute Gasteiger partial charge is 0.444 e. The highest BCUT2D eigenvalue weighted by Crippen LogP contribution is 2.18. The number of hydrazine groups is 1. The molecule has 1 aliphatic heterocycles. The molecule has 1 aliphatic rings. The molecule has 1 aromatic heterocycles. The fourth-order valence-corrected chi connectivity index (χ4v) is 2.23. The molecular formula is C14H24N6O2. The summed E-state index contributed by atoms with van der Waals surface area (Å²) in [5.74, 6) is 7.45. The number of ether oxygens (including phenoxy) is 1. The molecule has 22 heavy (non-hydrogen) atoms. The van der Waals surface area contributed by atoms with Crippen LogP contribution in [0.1, 0.15) is 26.6 Å². The highest BCUT2D eigenvalue weighted by atomic mass is 16.6. The van der Waals surface area contributed by atoms with Crippen molar-refractivity contribution in [3.05, 3.63) is 11.9 Å². The van der Waals surface area contributed by atoms with Crippen molar-refractivity contribution in [2.45, 2.75) is 33.3 Å². The van der Waals surface area contributed by atoms with Gasteiger partial charge in [-0.3, -0.25) is 0 Å². The molecule has 1 saturated heterocycles. The maximum absolute atomic E-state index is 12.0. The topological polar surface area (TPSA) is 96.6 Å². The average molecular weight is 308 g/mol. The number of nitrogens with one attached hydrogen (secondary N) is 1. The third-order valence-electron chi connectivity index (χ3n) is 3.23. The van der Waals surface area contributed by atoms with E-state index >= 15 is 0 Å². The molecule has 0 bridgehead atoms. The molecule has 3 N–H and O–H groups in total. The summed E-state index contributed by atoms with van der Waals surface area (Å²) in [6, 6.07) is 1.80. The van der Waals surface area contributed by atoms with E-state index in [9.17, 15) is 4.79 Å². The number of carbonyl (C=O) groups excluding carboxylic acids is 1. The molecule has 0 aliphatic carbocycles. The number of aromatic nitrogens is 2. The maximum atomic E-state index is 12.0. The first-order valence-electron chi connectivity index (χ1n) is 7.33. The van der Waals surface area contributed by atoms with Crippen LogP contribution >= 0.6 is 0 Å². The van der Waals surface area contributed by atoms with Crippen LogP contribution in [0.25, 0.3) is 0 Å². The Labute approximate surface area is 130 Å². The molecule has 1 aromatic rings. The van der Waals surface area contributed by atoms with E-state index in [-0.39, 0.29) is 6.09 Å². The molecule has 0 unspecified atom stereocenters. The fraction of sp³-hybridized carbons (Fsp3) is 0.643. The monoisotopic (exact) mass is 308 g/mol. The van der Waals surface area contributed by atoms with Crippen LogP contribution in [0.15, 0.2) is 6.07 Å². The second-order valence-corrected chi connectivity index (χ2v) is 6.26. The number of nitrogens with zero attached hydrogens (tertiary/aromatic N) is 4. The fourth-order valence-electron chi connectivity index (χ4n) is 2.23. The van der Waals surface area contributed by atoms with Gasteiger partial charge in [0.2, 0.25) is 0 Å². The van der Waals surface area contributed by atoms with Gasteiger partial charge in [-0.25, -0.2) is 20.6 Å². The summed E-state index contributed by atoms with van der Waals surface area (Å²) >= 11 is 0. The Kier molecular flexibility index (Phi) is 4.70. The Balaban J connectivity index is 1.97. The van der Waals surface area contributed by atoms with Crippen LogP contribution in [0.5, 0.6) is 0 Å². The quantitative estimate of drug-likeness (QED) is 0.624. The third-order valence-corrected chi connectivity index (χ3v) is 3.23. The van der Waals surface area contributed by atoms with E-state index in [2.05, 4.69) is 20.3 Å². The molecule has 8 heteroatoms. The van der Waals surface area contributed by atoms with Gasteiger partial charge in [0.25, 0.3) is 0 Å². The number of anilines is 2. The van der Waals surface area contributed by atoms with E-state index in [0.29, 0.717) is 37.8 Å². The van der Waals surface area contributed by atoms with E-state index in [1.54, 1.807) is 11.0 Å². The molecule has 1 fully saturated rings. The molecule has 0 aromatic carbocycles. The van der Waals surface area contributed by atoms with Crippen molar-refractivity contribution in [3.63, 3.8) is 0 Å². The molecule has 0 radical (unpaired) electrons. The minimum absolute atomic E-state index is 0.268. The summed E-state index contributed by atoms with van der Waals surface area (Å²) in [4.78, 5) is 24.5. The van der Waals surface area contributed by atoms with Crippen molar-refractivity contribution in [2.24, 2.45) is 5.84 Å². The summed E-state index contributed by atoms with van der Waals surface area (Å²) in [6.07, 6.45) is -0.268. The molecule has 1 amide bonds. The predicted octanol–water partition coefficient (Wildman–Crippen LogP) is 1.13. The predicted molar refractivity (Wildman–Crippen MR) is 84.6 cm³/mol. The lowest BCUT2D eigenvalue weighted by atomic mass is 10.2. The number of carbonyl (C=O) groups is 1. The van der Waals surface area contributed by atoms with Gasteiger partial charge in [-0.15, -0.1) is 0 Å². The number of rotatable bonds is 2. The highest BCUT2D eigenvalue weighted by Gasteiger charge is 2.26. The van der Waals surface area contributed by atoms with Crippen LogP contribution in [0.2, 0.25) is 0 Å². The van der Waals surface area contributed by atoms with Crippen LogP contribution in [-0.2, 0) is 4.74 Å². The van der Waals surface area contributed by atoms with E-state index in [1.165, 1.54) is 0 Å². The van der Waals surface area contributed by atoms with Crippen molar-refractivity contribution in [2.75, 3.05) is 36.5 Å². The first-order chi connectivity index (χ1) is 10.3. The van der Waals surface area contributed by atoms with Gasteiger partial charge < -0.3 is 20.0 Å². The Morgan fingerprint density at radius 2 is 1.91 bits per heavy atom. The number of hydrogen-bond acceptors (Lipinski definition) is 7. The minimum atomic E-state index is -0.473. The van der Waals surface area contributed by atoms with Crippen LogP contribution in [0.3, 0.4) is 0 Å². The molecule has 122 valence electrons. The van der Waals surface area contributed by atoms with Crippen LogP contribution in [-0.4, -0.2) is 52.7 Å². The van der Waals surface area contributed by atoms with Crippen molar-refractivity contribution in [1.82, 2.24) is 14.9 Å². The molecular weight excluding hydrogens is 284 g/mol. The minimum Gasteiger partial charge on any atom is -0.444 e. The lowest BCUT2D eigenvalue weighted by Crippen LogP contribution is -2.50. The van der Waals surface area contributed by atoms with Gasteiger partial charge in [0.15, 0.2) is 0 Å². The summed E-state index contributed by atoms with van der Waals surface area (Å²) in [6.45, 7) is 10.0. The Bertz CT molecular complexity index is 535. The number of hydrogen-bond donors (Lipinski definition) is 2. The zero-order valence-corrected chi connectivity index (χ0v) is 13.6. The van der Waals surface area contributed by atoms with Crippen LogP contribution < -0.4 is 16.2 Å². The van der Waals surface area contributed by atoms with Crippen LogP contribution in [0, 0.1) is 6.92 Å². The number of piperazine rings is 1. The van der Waals surface area contributed by atoms with Gasteiger partial charge in [-0.05, 0) is 27.7 Å². The van der Waals surface area contributed by atoms with E-state index in [0.717, 1.165) is 5.82 Å². The second kappa shape index (κ2) is 6.35. The third kappa shape index (κ3) is 4.20. The lowest BCUT2D eigenvalue weighted by Gasteiger charge is -2.36. The number of nitrogen functional groups attached to an aromatic ring is 1. The van der Waals surface area contributed by atoms with Crippen molar-refractivity contribution < 1.29 is 9.53 Å². The van der Waals surface area contributed by atoms with Crippen molar-refractivity contribution >= 4 is 17.7 Å². The summed E-state index contributed by atoms with van der Waals surface area (Å²) in [5, 5.41) is 0. The molecule has 0 spiro atoms. The smallest absolute Gasteiger partial charge is 0.410 e. The summed E-state index contributed by atoms with van der Waals surface area (Å²) in [5.41, 5.74) is 2.07. The van der Waals surface area contributed by atoms with E-state index in [4.69, 9.17) is 10.6 Å². The summed E-state index contributed by atoms with van der Waals surface area (Å²) < 4.78 is 5.39. The zero-order valence-electron chi connectivity index (χ0n) is 13.6. The lowest BCUT2D eigenvalue weighted by molar-refractivity contribution is 0.0240. The van der Waals surface area contributed by atoms with Gasteiger partial charge in [0.05, 0.1) is 0 Å². The maximum Gasteiger partial charge on any atom is 0.410 e. The first kappa shape index (κ1) is 16.3. The van der Waals surface area contributed by atoms with E-state index < -0.39 is 5.60 Å². The summed E-state index contributed by atoms with van der Waals surface area (Å²) in [7, 11) is 0. The Morgan fingerprint density at radius 3 is 2.45 bits per heavy atom. The highest BCUT2D eigenvalue weighted by molar-refractivity contribution is 5.68. The SMILES string of the molecule is Cc1nc(NN)cc(N2CCN(C(=O)OC(C)(C)C)CC2)n1. The molecule has 8 nitrogen and oxygen atoms in total. The van der Waals surface area contributed by atoms with Crippen LogP contribution in [0.4, 0.5) is 16.4 Å². The Morgan fingerprint density at radius 1 is 1.27 bits per heavy atom. The number of aryl methyl sites for hydroxylation is 1. The first-order valence-corrected chi connectivity index (χ1v) is 7.33. The van der Waals surface area contributed by atoms with Gasteiger partial charge in [-0.1, -0.05) is 0 Å². The zero-order chi connectivity index (χ0) is 16.3. The Hall–Kier alpha value is -2.09. The second-order valence-electron chi connectivity index (χ2n) is 6.26. The molecule has 0 saturated carbocycles. The van der Waals surface area contributed by atoms with Crippen molar-refractivity contribution in [3.8, 4) is 0 Å². The van der Waals surface area contributed by atoms with Gasteiger partial charge in [0, 0.05) is 32.2 Å². The van der Waals surface area contributed by atoms with Gasteiger partial charge in [0.1, 0.15) is 23.1 Å². The van der Waals surface area contributed by atoms with Gasteiger partial charge >= 0.3 is 6.09 Å². The molecule has 2 rings (SSSR count). The van der Waals surface area contributed by atoms with Gasteiger partial charge in [-0.2, -0.15) is 0 Å². The normalized spacial score (nSPS) is 15.7. The average Bonchev–Trinajstić information content (AvgIpc) is 2.45. The van der Waals surface area contributed by atoms with Crippen molar-refractivity contribution in [1.29, 1.82) is 0 Å². The number of nitrogens with two attached hydrogens (primary N) is 1.